The molecule has 128 valence electrons. The van der Waals surface area contributed by atoms with Gasteiger partial charge >= 0.3 is 0 Å². The highest BCUT2D eigenvalue weighted by molar-refractivity contribution is 5.79. The zero-order chi connectivity index (χ0) is 17.6. The molecule has 6 nitrogen and oxygen atoms in total. The number of hydrogen-bond acceptors (Lipinski definition) is 5. The first-order valence-corrected chi connectivity index (χ1v) is 7.57. The molecule has 0 aliphatic heterocycles. The fraction of sp³-hybridized carbons (Fsp3) is 0.167. The van der Waals surface area contributed by atoms with Crippen molar-refractivity contribution in [1.29, 1.82) is 0 Å². The van der Waals surface area contributed by atoms with Gasteiger partial charge in [-0.25, -0.2) is 9.07 Å². The smallest absolute Gasteiger partial charge is 0.153 e. The molecular formula is C18H16FN3O3. The van der Waals surface area contributed by atoms with E-state index in [9.17, 15) is 9.18 Å². The Morgan fingerprint density at radius 1 is 1.24 bits per heavy atom. The molecular weight excluding hydrogens is 325 g/mol. The van der Waals surface area contributed by atoms with Crippen molar-refractivity contribution in [2.75, 3.05) is 7.11 Å². The van der Waals surface area contributed by atoms with Crippen LogP contribution in [0.3, 0.4) is 0 Å². The van der Waals surface area contributed by atoms with Crippen molar-refractivity contribution in [2.24, 2.45) is 0 Å². The average molecular weight is 341 g/mol. The lowest BCUT2D eigenvalue weighted by Gasteiger charge is -2.06. The molecule has 0 amide bonds. The van der Waals surface area contributed by atoms with Crippen molar-refractivity contribution in [3.05, 3.63) is 71.3 Å². The second-order valence-corrected chi connectivity index (χ2v) is 5.35. The zero-order valence-electron chi connectivity index (χ0n) is 13.6. The molecule has 0 aliphatic rings. The van der Waals surface area contributed by atoms with Crippen LogP contribution in [0.1, 0.15) is 21.6 Å². The van der Waals surface area contributed by atoms with Crippen LogP contribution in [0.25, 0.3) is 0 Å². The summed E-state index contributed by atoms with van der Waals surface area (Å²) < 4.78 is 25.5. The molecule has 3 aromatic rings. The van der Waals surface area contributed by atoms with Crippen LogP contribution in [0.5, 0.6) is 11.5 Å². The van der Waals surface area contributed by atoms with E-state index in [1.54, 1.807) is 18.0 Å². The molecule has 0 fully saturated rings. The van der Waals surface area contributed by atoms with Crippen molar-refractivity contribution in [3.8, 4) is 11.5 Å². The minimum atomic E-state index is -0.487. The van der Waals surface area contributed by atoms with E-state index in [0.717, 1.165) is 17.4 Å². The number of aromatic nitrogens is 3. The van der Waals surface area contributed by atoms with Crippen LogP contribution in [-0.2, 0) is 13.2 Å². The van der Waals surface area contributed by atoms with Gasteiger partial charge in [0.15, 0.2) is 6.29 Å². The lowest BCUT2D eigenvalue weighted by Crippen LogP contribution is -2.01. The lowest BCUT2D eigenvalue weighted by atomic mass is 10.2. The van der Waals surface area contributed by atoms with Gasteiger partial charge in [0.1, 0.15) is 29.6 Å². The zero-order valence-corrected chi connectivity index (χ0v) is 13.6. The second-order valence-electron chi connectivity index (χ2n) is 5.35. The molecule has 3 rings (SSSR count). The van der Waals surface area contributed by atoms with Crippen molar-refractivity contribution < 1.29 is 18.7 Å². The maximum Gasteiger partial charge on any atom is 0.153 e. The van der Waals surface area contributed by atoms with Gasteiger partial charge in [-0.2, -0.15) is 0 Å². The first kappa shape index (κ1) is 16.6. The van der Waals surface area contributed by atoms with Crippen LogP contribution in [0, 0.1) is 5.82 Å². The Bertz CT molecular complexity index is 880. The number of carbonyl (C=O) groups is 1. The van der Waals surface area contributed by atoms with E-state index in [-0.39, 0.29) is 12.2 Å². The van der Waals surface area contributed by atoms with Gasteiger partial charge in [0.25, 0.3) is 0 Å². The van der Waals surface area contributed by atoms with Crippen LogP contribution in [0.15, 0.2) is 48.7 Å². The minimum Gasteiger partial charge on any atom is -0.497 e. The van der Waals surface area contributed by atoms with Gasteiger partial charge in [0, 0.05) is 0 Å². The first-order chi connectivity index (χ1) is 12.2. The summed E-state index contributed by atoms with van der Waals surface area (Å²) in [6.45, 7) is 0.672. The Morgan fingerprint density at radius 3 is 2.92 bits per heavy atom. The molecule has 1 heterocycles. The molecule has 0 aliphatic carbocycles. The van der Waals surface area contributed by atoms with E-state index in [4.69, 9.17) is 9.47 Å². The Balaban J connectivity index is 1.65. The minimum absolute atomic E-state index is 0.130. The van der Waals surface area contributed by atoms with Crippen LogP contribution in [0.4, 0.5) is 4.39 Å². The molecule has 25 heavy (non-hydrogen) atoms. The number of halogens is 1. The van der Waals surface area contributed by atoms with Crippen molar-refractivity contribution in [3.63, 3.8) is 0 Å². The van der Waals surface area contributed by atoms with Crippen molar-refractivity contribution >= 4 is 6.29 Å². The Hall–Kier alpha value is -3.22. The SMILES string of the molecule is COc1cccc(Cn2cc(COc3ccc(F)cc3C=O)nn2)c1. The quantitative estimate of drug-likeness (QED) is 0.618. The fourth-order valence-corrected chi connectivity index (χ4v) is 2.33. The standard InChI is InChI=1S/C18H16FN3O3/c1-24-17-4-2-3-13(7-17)9-22-10-16(20-21-22)12-25-18-6-5-15(19)8-14(18)11-23/h2-8,10-11H,9,12H2,1H3. The first-order valence-electron chi connectivity index (χ1n) is 7.57. The van der Waals surface area contributed by atoms with Gasteiger partial charge in [-0.15, -0.1) is 5.10 Å². The summed E-state index contributed by atoms with van der Waals surface area (Å²) >= 11 is 0. The number of benzene rings is 2. The predicted octanol–water partition coefficient (Wildman–Crippen LogP) is 2.87. The molecule has 7 heteroatoms. The molecule has 0 saturated carbocycles. The predicted molar refractivity (Wildman–Crippen MR) is 88.2 cm³/mol. The van der Waals surface area contributed by atoms with Gasteiger partial charge in [-0.1, -0.05) is 17.3 Å². The Labute approximate surface area is 143 Å². The van der Waals surface area contributed by atoms with Gasteiger partial charge in [-0.3, -0.25) is 4.79 Å². The highest BCUT2D eigenvalue weighted by atomic mass is 19.1. The van der Waals surface area contributed by atoms with Gasteiger partial charge in [-0.05, 0) is 35.9 Å². The third-order valence-corrected chi connectivity index (χ3v) is 3.54. The molecule has 1 aromatic heterocycles. The van der Waals surface area contributed by atoms with E-state index < -0.39 is 5.82 Å². The molecule has 0 spiro atoms. The number of nitrogens with zero attached hydrogens (tertiary/aromatic N) is 3. The highest BCUT2D eigenvalue weighted by Gasteiger charge is 2.07. The van der Waals surface area contributed by atoms with Gasteiger partial charge < -0.3 is 9.47 Å². The third-order valence-electron chi connectivity index (χ3n) is 3.54. The summed E-state index contributed by atoms with van der Waals surface area (Å²) in [5, 5.41) is 8.09. The maximum atomic E-state index is 13.1. The molecule has 2 aromatic carbocycles. The summed E-state index contributed by atoms with van der Waals surface area (Å²) in [7, 11) is 1.62. The van der Waals surface area contributed by atoms with Crippen LogP contribution in [0.2, 0.25) is 0 Å². The lowest BCUT2D eigenvalue weighted by molar-refractivity contribution is 0.111. The van der Waals surface area contributed by atoms with Gasteiger partial charge in [0.05, 0.1) is 25.4 Å². The molecule has 0 radical (unpaired) electrons. The topological polar surface area (TPSA) is 66.2 Å². The van der Waals surface area contributed by atoms with E-state index in [1.165, 1.54) is 12.1 Å². The van der Waals surface area contributed by atoms with Crippen LogP contribution in [-0.4, -0.2) is 28.4 Å². The van der Waals surface area contributed by atoms with E-state index in [1.807, 2.05) is 24.3 Å². The fourth-order valence-electron chi connectivity index (χ4n) is 2.33. The van der Waals surface area contributed by atoms with E-state index in [0.29, 0.717) is 24.3 Å². The van der Waals surface area contributed by atoms with Crippen LogP contribution < -0.4 is 9.47 Å². The summed E-state index contributed by atoms with van der Waals surface area (Å²) in [5.74, 6) is 0.594. The second kappa shape index (κ2) is 7.57. The monoisotopic (exact) mass is 341 g/mol. The summed E-state index contributed by atoms with van der Waals surface area (Å²) in [6, 6.07) is 11.5. The van der Waals surface area contributed by atoms with E-state index in [2.05, 4.69) is 10.3 Å². The largest absolute Gasteiger partial charge is 0.497 e. The molecule has 0 bridgehead atoms. The highest BCUT2D eigenvalue weighted by Crippen LogP contribution is 2.19. The van der Waals surface area contributed by atoms with Crippen molar-refractivity contribution in [1.82, 2.24) is 15.0 Å². The molecule has 0 atom stereocenters. The summed E-state index contributed by atoms with van der Waals surface area (Å²) in [5.41, 5.74) is 1.78. The maximum absolute atomic E-state index is 13.1. The average Bonchev–Trinajstić information content (AvgIpc) is 3.08. The number of ether oxygens (including phenoxy) is 2. The number of aldehydes is 1. The van der Waals surface area contributed by atoms with Gasteiger partial charge in [0.2, 0.25) is 0 Å². The molecule has 0 saturated heterocycles. The van der Waals surface area contributed by atoms with Crippen LogP contribution >= 0.6 is 0 Å². The number of hydrogen-bond donors (Lipinski definition) is 0. The summed E-state index contributed by atoms with van der Waals surface area (Å²) in [4.78, 5) is 11.0. The Kier molecular flexibility index (Phi) is 5.03. The normalized spacial score (nSPS) is 10.5. The number of methoxy groups -OCH3 is 1. The number of carbonyl (C=O) groups excluding carboxylic acids is 1. The summed E-state index contributed by atoms with van der Waals surface area (Å²) in [6.07, 6.45) is 2.31. The number of rotatable bonds is 7. The van der Waals surface area contributed by atoms with Crippen molar-refractivity contribution in [2.45, 2.75) is 13.2 Å². The van der Waals surface area contributed by atoms with E-state index >= 15 is 0 Å². The Morgan fingerprint density at radius 2 is 2.12 bits per heavy atom. The molecule has 0 unspecified atom stereocenters. The molecule has 0 N–H and O–H groups in total. The third kappa shape index (κ3) is 4.20.